The van der Waals surface area contributed by atoms with Crippen LogP contribution in [0.2, 0.25) is 5.02 Å². The predicted molar refractivity (Wildman–Crippen MR) is 133 cm³/mol. The van der Waals surface area contributed by atoms with Gasteiger partial charge in [0.05, 0.1) is 22.4 Å². The van der Waals surface area contributed by atoms with Crippen molar-refractivity contribution in [1.82, 2.24) is 34.9 Å². The Labute approximate surface area is 212 Å². The van der Waals surface area contributed by atoms with E-state index in [-0.39, 0.29) is 5.41 Å². The molecule has 7 rings (SSSR count). The molecule has 0 amide bonds. The molecule has 1 aromatic carbocycles. The number of benzene rings is 1. The monoisotopic (exact) mass is 527 g/mol. The second-order valence-corrected chi connectivity index (χ2v) is 10.6. The average molecular weight is 528 g/mol. The van der Waals surface area contributed by atoms with Crippen LogP contribution in [0.15, 0.2) is 29.9 Å². The summed E-state index contributed by atoms with van der Waals surface area (Å²) < 4.78 is 26.7. The Bertz CT molecular complexity index is 1630. The first-order valence-corrected chi connectivity index (χ1v) is 12.7. The molecule has 1 aliphatic heterocycles. The lowest BCUT2D eigenvalue weighted by Crippen LogP contribution is -2.35. The van der Waals surface area contributed by atoms with Crippen LogP contribution in [0, 0.1) is 18.8 Å². The molecule has 36 heavy (non-hydrogen) atoms. The van der Waals surface area contributed by atoms with Gasteiger partial charge in [0.2, 0.25) is 5.65 Å². The molecule has 3 N–H and O–H groups in total. The summed E-state index contributed by atoms with van der Waals surface area (Å²) in [6.07, 6.45) is 2.98. The van der Waals surface area contributed by atoms with Crippen molar-refractivity contribution in [1.29, 1.82) is 0 Å². The van der Waals surface area contributed by atoms with Crippen LogP contribution in [0.5, 0.6) is 0 Å². The summed E-state index contributed by atoms with van der Waals surface area (Å²) >= 11 is 8.28. The number of hydrogen-bond acceptors (Lipinski definition) is 8. The normalized spacial score (nSPS) is 23.3. The van der Waals surface area contributed by atoms with E-state index in [1.165, 1.54) is 6.20 Å². The minimum Gasteiger partial charge on any atom is -0.355 e. The number of fused-ring (bicyclic) bond motifs is 3. The molecule has 1 aliphatic carbocycles. The fourth-order valence-corrected chi connectivity index (χ4v) is 7.13. The highest BCUT2D eigenvalue weighted by Gasteiger charge is 2.69. The maximum Gasteiger partial charge on any atom is 0.333 e. The first-order chi connectivity index (χ1) is 17.4. The first-order valence-electron chi connectivity index (χ1n) is 11.5. The van der Waals surface area contributed by atoms with Crippen molar-refractivity contribution in [2.45, 2.75) is 18.9 Å². The zero-order valence-electron chi connectivity index (χ0n) is 19.0. The number of aryl methyl sites for hydroxylation is 1. The Kier molecular flexibility index (Phi) is 4.67. The Balaban J connectivity index is 1.18. The standard InChI is InChI=1S/C23H20ClF2N9S/c1-10-8-36-21(29-10)23(9-27)13-6-34(7-14(13)23)16-4-28-19-18(31-32-20(19)30-16)11-2-3-15-12(17(11)24)5-35(33-15)22(25)26/h2-5,8,13-14,22H,6-7,9,27H2,1H3,(H,30,31,32)/t13-,14+,23?. The zero-order chi connectivity index (χ0) is 24.8. The minimum absolute atomic E-state index is 0.0278. The fourth-order valence-electron chi connectivity index (χ4n) is 5.69. The summed E-state index contributed by atoms with van der Waals surface area (Å²) in [7, 11) is 0. The lowest BCUT2D eigenvalue weighted by atomic mass is 10.0. The predicted octanol–water partition coefficient (Wildman–Crippen LogP) is 4.15. The van der Waals surface area contributed by atoms with E-state index < -0.39 is 6.55 Å². The van der Waals surface area contributed by atoms with Crippen molar-refractivity contribution < 1.29 is 8.78 Å². The van der Waals surface area contributed by atoms with E-state index in [0.717, 1.165) is 29.6 Å². The molecule has 184 valence electrons. The Morgan fingerprint density at radius 3 is 2.78 bits per heavy atom. The van der Waals surface area contributed by atoms with Crippen molar-refractivity contribution in [2.75, 3.05) is 24.5 Å². The van der Waals surface area contributed by atoms with E-state index in [2.05, 4.69) is 30.6 Å². The smallest absolute Gasteiger partial charge is 0.333 e. The average Bonchev–Trinajstić information content (AvgIpc) is 3.49. The van der Waals surface area contributed by atoms with E-state index in [1.807, 2.05) is 6.92 Å². The molecule has 1 unspecified atom stereocenters. The highest BCUT2D eigenvalue weighted by molar-refractivity contribution is 7.09. The third-order valence-electron chi connectivity index (χ3n) is 7.58. The van der Waals surface area contributed by atoms with Crippen LogP contribution >= 0.6 is 22.9 Å². The minimum atomic E-state index is -2.74. The van der Waals surface area contributed by atoms with Gasteiger partial charge in [-0.25, -0.2) is 19.6 Å². The highest BCUT2D eigenvalue weighted by atomic mass is 35.5. The summed E-state index contributed by atoms with van der Waals surface area (Å²) in [5.74, 6) is 1.65. The maximum atomic E-state index is 13.1. The number of H-pyrrole nitrogens is 1. The quantitative estimate of drug-likeness (QED) is 0.353. The first kappa shape index (κ1) is 22.0. The zero-order valence-corrected chi connectivity index (χ0v) is 20.6. The van der Waals surface area contributed by atoms with Gasteiger partial charge in [-0.15, -0.1) is 11.3 Å². The third kappa shape index (κ3) is 2.98. The third-order valence-corrected chi connectivity index (χ3v) is 9.14. The van der Waals surface area contributed by atoms with Gasteiger partial charge < -0.3 is 10.6 Å². The fraction of sp³-hybridized carbons (Fsp3) is 0.348. The molecule has 4 aromatic heterocycles. The van der Waals surface area contributed by atoms with Crippen LogP contribution in [0.1, 0.15) is 17.3 Å². The molecule has 0 spiro atoms. The van der Waals surface area contributed by atoms with Gasteiger partial charge in [-0.1, -0.05) is 11.6 Å². The van der Waals surface area contributed by atoms with E-state index in [4.69, 9.17) is 27.3 Å². The van der Waals surface area contributed by atoms with E-state index in [9.17, 15) is 8.78 Å². The number of anilines is 1. The van der Waals surface area contributed by atoms with E-state index in [0.29, 0.717) is 61.4 Å². The van der Waals surface area contributed by atoms with Gasteiger partial charge >= 0.3 is 6.55 Å². The van der Waals surface area contributed by atoms with Crippen LogP contribution in [-0.4, -0.2) is 54.6 Å². The van der Waals surface area contributed by atoms with Crippen molar-refractivity contribution in [3.05, 3.63) is 45.6 Å². The van der Waals surface area contributed by atoms with Crippen LogP contribution in [-0.2, 0) is 5.41 Å². The topological polar surface area (TPSA) is 114 Å². The molecule has 2 aliphatic rings. The number of nitrogens with two attached hydrogens (primary N) is 1. The Hall–Kier alpha value is -3.22. The van der Waals surface area contributed by atoms with Gasteiger partial charge in [0.25, 0.3) is 0 Å². The van der Waals surface area contributed by atoms with Gasteiger partial charge in [-0.3, -0.25) is 5.10 Å². The lowest BCUT2D eigenvalue weighted by Gasteiger charge is -2.25. The summed E-state index contributed by atoms with van der Waals surface area (Å²) in [5.41, 5.74) is 9.81. The number of alkyl halides is 2. The van der Waals surface area contributed by atoms with Gasteiger partial charge in [-0.05, 0) is 30.9 Å². The molecule has 13 heteroatoms. The van der Waals surface area contributed by atoms with Crippen molar-refractivity contribution in [3.63, 3.8) is 0 Å². The number of halogens is 3. The number of nitrogens with one attached hydrogen (secondary N) is 1. The second-order valence-electron chi connectivity index (χ2n) is 9.40. The second kappa shape index (κ2) is 7.64. The van der Waals surface area contributed by atoms with E-state index in [1.54, 1.807) is 29.7 Å². The Morgan fingerprint density at radius 2 is 2.08 bits per heavy atom. The number of aromatic amines is 1. The molecule has 5 aromatic rings. The molecule has 5 heterocycles. The number of rotatable bonds is 5. The highest BCUT2D eigenvalue weighted by Crippen LogP contribution is 2.63. The number of piperidine rings is 1. The number of hydrogen-bond donors (Lipinski definition) is 2. The molecule has 0 radical (unpaired) electrons. The van der Waals surface area contributed by atoms with Crippen molar-refractivity contribution in [3.8, 4) is 11.3 Å². The van der Waals surface area contributed by atoms with Crippen LogP contribution < -0.4 is 10.6 Å². The van der Waals surface area contributed by atoms with Gasteiger partial charge in [0.1, 0.15) is 16.3 Å². The summed E-state index contributed by atoms with van der Waals surface area (Å²) in [5, 5.41) is 15.1. The molecular formula is C23H20ClF2N9S. The number of aromatic nitrogens is 7. The molecule has 2 fully saturated rings. The SMILES string of the molecule is Cc1csc(C2(CN)[C@@H]3CN(c4cnc5c(-c6ccc7nn(C(F)F)cc7c6Cl)[nH]nc5n4)C[C@@H]32)n1. The number of thiazole rings is 1. The summed E-state index contributed by atoms with van der Waals surface area (Å²) in [6, 6.07) is 3.37. The van der Waals surface area contributed by atoms with Gasteiger partial charge in [0, 0.05) is 53.3 Å². The molecule has 3 atom stereocenters. The van der Waals surface area contributed by atoms with Gasteiger partial charge in [-0.2, -0.15) is 19.0 Å². The van der Waals surface area contributed by atoms with Crippen LogP contribution in [0.3, 0.4) is 0 Å². The summed E-state index contributed by atoms with van der Waals surface area (Å²) in [4.78, 5) is 16.3. The number of nitrogens with zero attached hydrogens (tertiary/aromatic N) is 7. The Morgan fingerprint density at radius 1 is 1.28 bits per heavy atom. The molecule has 9 nitrogen and oxygen atoms in total. The van der Waals surface area contributed by atoms with Crippen molar-refractivity contribution in [2.24, 2.45) is 17.6 Å². The molecule has 1 saturated carbocycles. The lowest BCUT2D eigenvalue weighted by molar-refractivity contribution is 0.0574. The molecule has 1 saturated heterocycles. The van der Waals surface area contributed by atoms with E-state index >= 15 is 0 Å². The maximum absolute atomic E-state index is 13.1. The van der Waals surface area contributed by atoms with Crippen LogP contribution in [0.4, 0.5) is 14.6 Å². The molecular weight excluding hydrogens is 508 g/mol. The van der Waals surface area contributed by atoms with Gasteiger partial charge in [0.15, 0.2) is 0 Å². The van der Waals surface area contributed by atoms with Crippen molar-refractivity contribution >= 4 is 50.8 Å². The summed E-state index contributed by atoms with van der Waals surface area (Å²) in [6.45, 7) is 1.55. The largest absolute Gasteiger partial charge is 0.355 e. The molecule has 0 bridgehead atoms. The van der Waals surface area contributed by atoms with Crippen LogP contribution in [0.25, 0.3) is 33.3 Å².